The molecule has 142 valence electrons. The smallest absolute Gasteiger partial charge is 0.137 e. The highest BCUT2D eigenvalue weighted by molar-refractivity contribution is 5.84. The lowest BCUT2D eigenvalue weighted by molar-refractivity contribution is 0.192. The van der Waals surface area contributed by atoms with Crippen LogP contribution >= 0.6 is 0 Å². The second kappa shape index (κ2) is 7.75. The lowest BCUT2D eigenvalue weighted by Gasteiger charge is -2.35. The van der Waals surface area contributed by atoms with Gasteiger partial charge in [-0.25, -0.2) is 0 Å². The SMILES string of the molecule is COc1cc(CN2CCN[C@H](c3ccccc3C(C)C)C2)cc2occc12. The van der Waals surface area contributed by atoms with Crippen LogP contribution in [-0.4, -0.2) is 31.6 Å². The van der Waals surface area contributed by atoms with Gasteiger partial charge in [0.1, 0.15) is 11.3 Å². The van der Waals surface area contributed by atoms with Crippen LogP contribution in [0.3, 0.4) is 0 Å². The lowest BCUT2D eigenvalue weighted by atomic mass is 9.92. The Morgan fingerprint density at radius 3 is 2.89 bits per heavy atom. The summed E-state index contributed by atoms with van der Waals surface area (Å²) >= 11 is 0. The van der Waals surface area contributed by atoms with Crippen molar-refractivity contribution in [2.24, 2.45) is 0 Å². The first-order valence-corrected chi connectivity index (χ1v) is 9.74. The maximum atomic E-state index is 5.61. The van der Waals surface area contributed by atoms with E-state index in [4.69, 9.17) is 9.15 Å². The van der Waals surface area contributed by atoms with E-state index in [2.05, 4.69) is 60.5 Å². The van der Waals surface area contributed by atoms with Gasteiger partial charge in [0.25, 0.3) is 0 Å². The average molecular weight is 364 g/mol. The van der Waals surface area contributed by atoms with Crippen LogP contribution in [0.5, 0.6) is 5.75 Å². The van der Waals surface area contributed by atoms with Crippen LogP contribution in [0.4, 0.5) is 0 Å². The number of nitrogens with zero attached hydrogens (tertiary/aromatic N) is 1. The molecule has 0 amide bonds. The molecule has 1 aliphatic rings. The zero-order valence-corrected chi connectivity index (χ0v) is 16.4. The first-order valence-electron chi connectivity index (χ1n) is 9.74. The molecule has 1 fully saturated rings. The fourth-order valence-electron chi connectivity index (χ4n) is 4.13. The van der Waals surface area contributed by atoms with Crippen LogP contribution in [0.25, 0.3) is 11.0 Å². The van der Waals surface area contributed by atoms with Crippen molar-refractivity contribution in [1.29, 1.82) is 0 Å². The molecule has 0 unspecified atom stereocenters. The molecule has 2 heterocycles. The van der Waals surface area contributed by atoms with Gasteiger partial charge in [-0.1, -0.05) is 38.1 Å². The molecule has 3 aromatic rings. The maximum absolute atomic E-state index is 5.61. The van der Waals surface area contributed by atoms with E-state index in [-0.39, 0.29) is 0 Å². The average Bonchev–Trinajstić information content (AvgIpc) is 3.16. The molecule has 27 heavy (non-hydrogen) atoms. The molecule has 4 nitrogen and oxygen atoms in total. The number of benzene rings is 2. The normalized spacial score (nSPS) is 18.3. The van der Waals surface area contributed by atoms with Gasteiger partial charge in [0.15, 0.2) is 0 Å². The van der Waals surface area contributed by atoms with Gasteiger partial charge in [-0.3, -0.25) is 4.90 Å². The van der Waals surface area contributed by atoms with Crippen LogP contribution < -0.4 is 10.1 Å². The summed E-state index contributed by atoms with van der Waals surface area (Å²) in [5.41, 5.74) is 4.99. The van der Waals surface area contributed by atoms with E-state index < -0.39 is 0 Å². The van der Waals surface area contributed by atoms with E-state index in [9.17, 15) is 0 Å². The predicted molar refractivity (Wildman–Crippen MR) is 109 cm³/mol. The number of piperazine rings is 1. The molecule has 0 saturated carbocycles. The maximum Gasteiger partial charge on any atom is 0.137 e. The first kappa shape index (κ1) is 18.1. The summed E-state index contributed by atoms with van der Waals surface area (Å²) in [6.07, 6.45) is 1.72. The molecule has 0 aliphatic carbocycles. The van der Waals surface area contributed by atoms with Crippen molar-refractivity contribution in [2.45, 2.75) is 32.4 Å². The number of hydrogen-bond donors (Lipinski definition) is 1. The molecule has 1 aliphatic heterocycles. The molecule has 1 atom stereocenters. The molecule has 0 bridgehead atoms. The summed E-state index contributed by atoms with van der Waals surface area (Å²) in [5.74, 6) is 1.41. The van der Waals surface area contributed by atoms with Crippen molar-refractivity contribution in [2.75, 3.05) is 26.7 Å². The summed E-state index contributed by atoms with van der Waals surface area (Å²) in [4.78, 5) is 2.52. The fraction of sp³-hybridized carbons (Fsp3) is 0.391. The minimum Gasteiger partial charge on any atom is -0.496 e. The van der Waals surface area contributed by atoms with Crippen LogP contribution in [0.15, 0.2) is 53.1 Å². The van der Waals surface area contributed by atoms with Crippen LogP contribution in [0.2, 0.25) is 0 Å². The van der Waals surface area contributed by atoms with Gasteiger partial charge in [0.05, 0.1) is 18.8 Å². The molecule has 4 heteroatoms. The van der Waals surface area contributed by atoms with Gasteiger partial charge < -0.3 is 14.5 Å². The van der Waals surface area contributed by atoms with E-state index in [0.717, 1.165) is 42.9 Å². The Kier molecular flexibility index (Phi) is 5.19. The summed E-state index contributed by atoms with van der Waals surface area (Å²) in [7, 11) is 1.72. The Hall–Kier alpha value is -2.30. The summed E-state index contributed by atoms with van der Waals surface area (Å²) in [6.45, 7) is 8.47. The molecule has 2 aromatic carbocycles. The molecule has 0 spiro atoms. The summed E-state index contributed by atoms with van der Waals surface area (Å²) < 4.78 is 11.2. The van der Waals surface area contributed by atoms with Gasteiger partial charge in [0.2, 0.25) is 0 Å². The summed E-state index contributed by atoms with van der Waals surface area (Å²) in [5, 5.41) is 4.74. The number of hydrogen-bond acceptors (Lipinski definition) is 4. The number of rotatable bonds is 5. The van der Waals surface area contributed by atoms with Crippen molar-refractivity contribution in [3.05, 3.63) is 65.4 Å². The number of ether oxygens (including phenoxy) is 1. The number of nitrogens with one attached hydrogen (secondary N) is 1. The highest BCUT2D eigenvalue weighted by Gasteiger charge is 2.23. The van der Waals surface area contributed by atoms with Crippen LogP contribution in [0.1, 0.15) is 42.5 Å². The third-order valence-corrected chi connectivity index (χ3v) is 5.47. The lowest BCUT2D eigenvalue weighted by Crippen LogP contribution is -2.45. The Bertz CT molecular complexity index is 916. The van der Waals surface area contributed by atoms with Gasteiger partial charge in [-0.2, -0.15) is 0 Å². The van der Waals surface area contributed by atoms with Crippen molar-refractivity contribution in [3.63, 3.8) is 0 Å². The molecular weight excluding hydrogens is 336 g/mol. The minimum atomic E-state index is 0.367. The Balaban J connectivity index is 1.54. The van der Waals surface area contributed by atoms with E-state index in [0.29, 0.717) is 12.0 Å². The fourth-order valence-corrected chi connectivity index (χ4v) is 4.13. The largest absolute Gasteiger partial charge is 0.496 e. The van der Waals surface area contributed by atoms with Crippen molar-refractivity contribution < 1.29 is 9.15 Å². The van der Waals surface area contributed by atoms with Crippen molar-refractivity contribution in [3.8, 4) is 5.75 Å². The highest BCUT2D eigenvalue weighted by atomic mass is 16.5. The van der Waals surface area contributed by atoms with Crippen LogP contribution in [0, 0.1) is 0 Å². The third-order valence-electron chi connectivity index (χ3n) is 5.47. The van der Waals surface area contributed by atoms with E-state index in [1.807, 2.05) is 6.07 Å². The molecule has 1 N–H and O–H groups in total. The Morgan fingerprint density at radius 2 is 2.07 bits per heavy atom. The molecular formula is C23H28N2O2. The first-order chi connectivity index (χ1) is 13.2. The molecule has 0 radical (unpaired) electrons. The molecule has 1 saturated heterocycles. The zero-order chi connectivity index (χ0) is 18.8. The standard InChI is InChI=1S/C23H28N2O2/c1-16(2)18-6-4-5-7-19(18)21-15-25(10-9-24-21)14-17-12-22(26-3)20-8-11-27-23(20)13-17/h4-8,11-13,16,21,24H,9-10,14-15H2,1-3H3/t21-/m0/s1. The highest BCUT2D eigenvalue weighted by Crippen LogP contribution is 2.30. The third kappa shape index (κ3) is 3.73. The second-order valence-corrected chi connectivity index (χ2v) is 7.66. The number of methoxy groups -OCH3 is 1. The summed E-state index contributed by atoms with van der Waals surface area (Å²) in [6, 6.07) is 15.4. The van der Waals surface area contributed by atoms with Crippen molar-refractivity contribution in [1.82, 2.24) is 10.2 Å². The zero-order valence-electron chi connectivity index (χ0n) is 16.4. The van der Waals surface area contributed by atoms with Gasteiger partial charge in [-0.15, -0.1) is 0 Å². The van der Waals surface area contributed by atoms with Gasteiger partial charge in [-0.05, 0) is 40.8 Å². The quantitative estimate of drug-likeness (QED) is 0.711. The number of furan rings is 1. The van der Waals surface area contributed by atoms with E-state index in [1.54, 1.807) is 13.4 Å². The topological polar surface area (TPSA) is 37.6 Å². The van der Waals surface area contributed by atoms with Crippen molar-refractivity contribution >= 4 is 11.0 Å². The Morgan fingerprint density at radius 1 is 1.22 bits per heavy atom. The van der Waals surface area contributed by atoms with E-state index >= 15 is 0 Å². The Labute approximate surface area is 161 Å². The second-order valence-electron chi connectivity index (χ2n) is 7.66. The van der Waals surface area contributed by atoms with Crippen LogP contribution in [-0.2, 0) is 6.54 Å². The monoisotopic (exact) mass is 364 g/mol. The molecule has 1 aromatic heterocycles. The van der Waals surface area contributed by atoms with Gasteiger partial charge >= 0.3 is 0 Å². The van der Waals surface area contributed by atoms with Gasteiger partial charge in [0, 0.05) is 32.2 Å². The minimum absolute atomic E-state index is 0.367. The van der Waals surface area contributed by atoms with E-state index in [1.165, 1.54) is 16.7 Å². The molecule has 4 rings (SSSR count). The number of fused-ring (bicyclic) bond motifs is 1. The predicted octanol–water partition coefficient (Wildman–Crippen LogP) is 4.71.